The zero-order chi connectivity index (χ0) is 34.3. The molecule has 1 aliphatic rings. The van der Waals surface area contributed by atoms with Gasteiger partial charge in [0.2, 0.25) is 0 Å². The van der Waals surface area contributed by atoms with Crippen LogP contribution in [-0.4, -0.2) is 0 Å². The van der Waals surface area contributed by atoms with Gasteiger partial charge in [0.25, 0.3) is 0 Å². The molecule has 0 bridgehead atoms. The molecular formula is C47H45NS. The Morgan fingerprint density at radius 3 is 1.92 bits per heavy atom. The highest BCUT2D eigenvalue weighted by Gasteiger charge is 2.41. The summed E-state index contributed by atoms with van der Waals surface area (Å²) in [4.78, 5) is 2.49. The number of fused-ring (bicyclic) bond motifs is 6. The number of para-hydroxylation sites is 2. The van der Waals surface area contributed by atoms with Crippen LogP contribution in [-0.2, 0) is 16.2 Å². The Kier molecular flexibility index (Phi) is 7.21. The molecule has 1 heterocycles. The van der Waals surface area contributed by atoms with Crippen molar-refractivity contribution in [3.63, 3.8) is 0 Å². The predicted octanol–water partition coefficient (Wildman–Crippen LogP) is 14.1. The van der Waals surface area contributed by atoms with E-state index in [2.05, 4.69) is 188 Å². The van der Waals surface area contributed by atoms with Gasteiger partial charge >= 0.3 is 0 Å². The quantitative estimate of drug-likeness (QED) is 0.182. The number of nitrogens with zero attached hydrogens (tertiary/aromatic N) is 1. The summed E-state index contributed by atoms with van der Waals surface area (Å²) in [5.74, 6) is 0. The Labute approximate surface area is 295 Å². The van der Waals surface area contributed by atoms with Crippen molar-refractivity contribution >= 4 is 48.6 Å². The highest BCUT2D eigenvalue weighted by molar-refractivity contribution is 7.26. The fraction of sp³-hybridized carbons (Fsp3) is 0.234. The Morgan fingerprint density at radius 1 is 0.531 bits per heavy atom. The van der Waals surface area contributed by atoms with E-state index < -0.39 is 0 Å². The summed E-state index contributed by atoms with van der Waals surface area (Å²) >= 11 is 1.87. The van der Waals surface area contributed by atoms with Crippen molar-refractivity contribution in [1.29, 1.82) is 0 Å². The fourth-order valence-electron chi connectivity index (χ4n) is 7.96. The first-order chi connectivity index (χ1) is 23.4. The third-order valence-electron chi connectivity index (χ3n) is 10.5. The maximum Gasteiger partial charge on any atom is 0.0555 e. The summed E-state index contributed by atoms with van der Waals surface area (Å²) in [6.45, 7) is 19.0. The third-order valence-corrected chi connectivity index (χ3v) is 11.7. The van der Waals surface area contributed by atoms with Crippen LogP contribution in [0.25, 0.3) is 42.4 Å². The molecule has 0 saturated heterocycles. The molecule has 0 fully saturated rings. The van der Waals surface area contributed by atoms with Gasteiger partial charge in [0, 0.05) is 36.8 Å². The van der Waals surface area contributed by atoms with E-state index in [1.807, 2.05) is 11.3 Å². The number of benzene rings is 6. The first-order valence-electron chi connectivity index (χ1n) is 17.5. The SMILES string of the molecule is CC(C)(C)c1cc(C(C)(C)C)c2c(c1)C(C)(C)c1cccc(-c3ccccc3N(c3ccccc3)c3cccc4sc5ccccc5c34)c1-2. The fourth-order valence-corrected chi connectivity index (χ4v) is 9.09. The molecule has 1 aliphatic carbocycles. The van der Waals surface area contributed by atoms with Crippen LogP contribution in [0.3, 0.4) is 0 Å². The molecule has 0 amide bonds. The normalized spacial score (nSPS) is 13.9. The number of thiophene rings is 1. The summed E-state index contributed by atoms with van der Waals surface area (Å²) in [6.07, 6.45) is 0. The molecule has 7 aromatic rings. The molecule has 244 valence electrons. The lowest BCUT2D eigenvalue weighted by Crippen LogP contribution is -2.21. The van der Waals surface area contributed by atoms with Gasteiger partial charge in [-0.1, -0.05) is 146 Å². The maximum absolute atomic E-state index is 2.51. The first kappa shape index (κ1) is 31.6. The molecule has 0 unspecified atom stereocenters. The van der Waals surface area contributed by atoms with Crippen molar-refractivity contribution in [2.45, 2.75) is 71.6 Å². The average Bonchev–Trinajstić information content (AvgIpc) is 3.57. The van der Waals surface area contributed by atoms with E-state index in [0.717, 1.165) is 5.69 Å². The van der Waals surface area contributed by atoms with Crippen LogP contribution < -0.4 is 4.90 Å². The molecule has 1 aromatic heterocycles. The molecule has 6 aromatic carbocycles. The number of rotatable bonds is 4. The van der Waals surface area contributed by atoms with E-state index >= 15 is 0 Å². The molecular weight excluding hydrogens is 611 g/mol. The van der Waals surface area contributed by atoms with Crippen molar-refractivity contribution in [1.82, 2.24) is 0 Å². The monoisotopic (exact) mass is 655 g/mol. The summed E-state index contributed by atoms with van der Waals surface area (Å²) in [5.41, 5.74) is 14.4. The second-order valence-corrected chi connectivity index (χ2v) is 17.3. The molecule has 0 spiro atoms. The molecule has 0 N–H and O–H groups in total. The number of hydrogen-bond donors (Lipinski definition) is 0. The zero-order valence-electron chi connectivity index (χ0n) is 30.0. The van der Waals surface area contributed by atoms with Crippen molar-refractivity contribution in [2.75, 3.05) is 4.90 Å². The number of anilines is 3. The van der Waals surface area contributed by atoms with Crippen molar-refractivity contribution < 1.29 is 0 Å². The standard InChI is InChI=1S/C47H45NS/c1-45(2,3)30-28-36(46(4,5)6)44-37(29-30)47(7,8)35-23-16-22-33(42(35)44)32-20-12-14-24-38(32)48(31-18-10-9-11-19-31)39-25-17-27-41-43(39)34-21-13-15-26-40(34)49-41/h9-29H,1-8H3. The topological polar surface area (TPSA) is 3.24 Å². The number of hydrogen-bond acceptors (Lipinski definition) is 2. The second kappa shape index (κ2) is 11.2. The largest absolute Gasteiger partial charge is 0.309 e. The lowest BCUT2D eigenvalue weighted by atomic mass is 9.74. The van der Waals surface area contributed by atoms with Gasteiger partial charge in [-0.25, -0.2) is 0 Å². The minimum atomic E-state index is -0.128. The van der Waals surface area contributed by atoms with Gasteiger partial charge in [-0.05, 0) is 86.2 Å². The summed E-state index contributed by atoms with van der Waals surface area (Å²) in [6, 6.07) is 47.6. The van der Waals surface area contributed by atoms with Gasteiger partial charge < -0.3 is 4.90 Å². The molecule has 1 nitrogen and oxygen atoms in total. The molecule has 0 radical (unpaired) electrons. The van der Waals surface area contributed by atoms with Gasteiger partial charge in [-0.2, -0.15) is 0 Å². The zero-order valence-corrected chi connectivity index (χ0v) is 30.8. The van der Waals surface area contributed by atoms with Gasteiger partial charge in [0.15, 0.2) is 0 Å². The Hall–Kier alpha value is -4.66. The molecule has 2 heteroatoms. The van der Waals surface area contributed by atoms with E-state index in [9.17, 15) is 0 Å². The van der Waals surface area contributed by atoms with Crippen molar-refractivity contribution in [3.8, 4) is 22.3 Å². The molecule has 0 aliphatic heterocycles. The highest BCUT2D eigenvalue weighted by atomic mass is 32.1. The van der Waals surface area contributed by atoms with Crippen LogP contribution in [0.5, 0.6) is 0 Å². The Balaban J connectivity index is 1.44. The van der Waals surface area contributed by atoms with E-state index in [-0.39, 0.29) is 16.2 Å². The van der Waals surface area contributed by atoms with E-state index in [0.29, 0.717) is 0 Å². The Morgan fingerprint density at radius 2 is 1.16 bits per heavy atom. The van der Waals surface area contributed by atoms with Gasteiger partial charge in [0.05, 0.1) is 11.4 Å². The van der Waals surface area contributed by atoms with Crippen molar-refractivity contribution in [3.05, 3.63) is 150 Å². The summed E-state index contributed by atoms with van der Waals surface area (Å²) in [5, 5.41) is 2.61. The maximum atomic E-state index is 2.51. The Bertz CT molecular complexity index is 2380. The third kappa shape index (κ3) is 5.03. The van der Waals surface area contributed by atoms with Crippen LogP contribution in [0.1, 0.15) is 77.6 Å². The van der Waals surface area contributed by atoms with Crippen LogP contribution in [0.2, 0.25) is 0 Å². The minimum Gasteiger partial charge on any atom is -0.309 e. The van der Waals surface area contributed by atoms with Gasteiger partial charge in [-0.3, -0.25) is 0 Å². The summed E-state index contributed by atoms with van der Waals surface area (Å²) < 4.78 is 2.62. The highest BCUT2D eigenvalue weighted by Crippen LogP contribution is 2.57. The van der Waals surface area contributed by atoms with Crippen LogP contribution in [0.4, 0.5) is 17.1 Å². The van der Waals surface area contributed by atoms with Crippen molar-refractivity contribution in [2.24, 2.45) is 0 Å². The van der Waals surface area contributed by atoms with Crippen LogP contribution in [0, 0.1) is 0 Å². The summed E-state index contributed by atoms with van der Waals surface area (Å²) in [7, 11) is 0. The molecule has 8 rings (SSSR count). The van der Waals surface area contributed by atoms with E-state index in [1.165, 1.54) is 76.1 Å². The minimum absolute atomic E-state index is 0.0264. The average molecular weight is 656 g/mol. The van der Waals surface area contributed by atoms with Crippen LogP contribution in [0.15, 0.2) is 127 Å². The smallest absolute Gasteiger partial charge is 0.0555 e. The van der Waals surface area contributed by atoms with E-state index in [1.54, 1.807) is 0 Å². The first-order valence-corrected chi connectivity index (χ1v) is 18.4. The predicted molar refractivity (Wildman–Crippen MR) is 214 cm³/mol. The molecule has 49 heavy (non-hydrogen) atoms. The second-order valence-electron chi connectivity index (χ2n) is 16.2. The lowest BCUT2D eigenvalue weighted by Gasteiger charge is -2.31. The lowest BCUT2D eigenvalue weighted by molar-refractivity contribution is 0.564. The van der Waals surface area contributed by atoms with Gasteiger partial charge in [0.1, 0.15) is 0 Å². The molecule has 0 saturated carbocycles. The molecule has 0 atom stereocenters. The van der Waals surface area contributed by atoms with E-state index in [4.69, 9.17) is 0 Å². The van der Waals surface area contributed by atoms with Gasteiger partial charge in [-0.15, -0.1) is 11.3 Å². The van der Waals surface area contributed by atoms with Crippen LogP contribution >= 0.6 is 11.3 Å².